The van der Waals surface area contributed by atoms with Gasteiger partial charge in [-0.05, 0) is 56.8 Å². The molecule has 4 heterocycles. The lowest BCUT2D eigenvalue weighted by Crippen LogP contribution is -2.41. The van der Waals surface area contributed by atoms with Gasteiger partial charge in [0.25, 0.3) is 0 Å². The van der Waals surface area contributed by atoms with Crippen molar-refractivity contribution in [3.8, 4) is 5.13 Å². The maximum atomic E-state index is 5.97. The maximum Gasteiger partial charge on any atom is 0.193 e. The number of aromatic nitrogens is 2. The number of rotatable bonds is 10. The van der Waals surface area contributed by atoms with Crippen molar-refractivity contribution in [3.05, 3.63) is 35.6 Å². The Bertz CT molecular complexity index is 706. The number of hydrogen-bond acceptors (Lipinski definition) is 6. The van der Waals surface area contributed by atoms with Crippen LogP contribution in [-0.4, -0.2) is 78.5 Å². The minimum absolute atomic E-state index is 0.389. The van der Waals surface area contributed by atoms with Gasteiger partial charge < -0.3 is 14.4 Å². The average molecular weight is 419 g/mol. The third kappa shape index (κ3) is 5.89. The van der Waals surface area contributed by atoms with Crippen LogP contribution in [-0.2, 0) is 16.0 Å². The fraction of sp³-hybridized carbons (Fsp3) is 0.682. The number of hydrogen-bond donors (Lipinski definition) is 0. The molecule has 0 aromatic carbocycles. The summed E-state index contributed by atoms with van der Waals surface area (Å²) < 4.78 is 13.5. The average Bonchev–Trinajstić information content (AvgIpc) is 3.50. The van der Waals surface area contributed by atoms with Crippen LogP contribution >= 0.6 is 11.3 Å². The molecule has 7 heteroatoms. The highest BCUT2D eigenvalue weighted by molar-refractivity contribution is 7.12. The molecule has 29 heavy (non-hydrogen) atoms. The lowest BCUT2D eigenvalue weighted by atomic mass is 9.96. The van der Waals surface area contributed by atoms with Crippen molar-refractivity contribution in [1.82, 2.24) is 19.4 Å². The second kappa shape index (κ2) is 10.7. The van der Waals surface area contributed by atoms with Crippen molar-refractivity contribution in [1.29, 1.82) is 0 Å². The standard InChI is InChI=1S/C22H34N4O2S/c1-27-14-12-24-10-6-19(7-11-24)16-25(18-21-5-3-13-28-21)17-20-4-2-9-26(20)22-23-8-15-29-22/h2,4,8-9,15,19,21H,3,5-7,10-14,16-18H2,1H3/t21-/m0/s1. The summed E-state index contributed by atoms with van der Waals surface area (Å²) in [6.07, 6.45) is 9.35. The Morgan fingerprint density at radius 1 is 1.28 bits per heavy atom. The number of likely N-dealkylation sites (tertiary alicyclic amines) is 1. The predicted octanol–water partition coefficient (Wildman–Crippen LogP) is 3.27. The summed E-state index contributed by atoms with van der Waals surface area (Å²) in [7, 11) is 1.79. The first-order valence-corrected chi connectivity index (χ1v) is 11.8. The van der Waals surface area contributed by atoms with Gasteiger partial charge in [0.05, 0.1) is 12.7 Å². The summed E-state index contributed by atoms with van der Waals surface area (Å²) in [5, 5.41) is 3.09. The number of piperidine rings is 1. The van der Waals surface area contributed by atoms with E-state index in [0.717, 1.165) is 50.4 Å². The first kappa shape index (κ1) is 21.0. The van der Waals surface area contributed by atoms with Crippen LogP contribution in [0.4, 0.5) is 0 Å². The zero-order valence-corrected chi connectivity index (χ0v) is 18.4. The Labute approximate surface area is 178 Å². The van der Waals surface area contributed by atoms with E-state index in [1.165, 1.54) is 44.5 Å². The van der Waals surface area contributed by atoms with Crippen LogP contribution in [0.5, 0.6) is 0 Å². The van der Waals surface area contributed by atoms with E-state index in [-0.39, 0.29) is 0 Å². The van der Waals surface area contributed by atoms with E-state index in [9.17, 15) is 0 Å². The summed E-state index contributed by atoms with van der Waals surface area (Å²) in [5.74, 6) is 0.762. The van der Waals surface area contributed by atoms with E-state index in [4.69, 9.17) is 9.47 Å². The predicted molar refractivity (Wildman–Crippen MR) is 117 cm³/mol. The smallest absolute Gasteiger partial charge is 0.193 e. The highest BCUT2D eigenvalue weighted by Gasteiger charge is 2.25. The van der Waals surface area contributed by atoms with Gasteiger partial charge in [0.2, 0.25) is 0 Å². The van der Waals surface area contributed by atoms with E-state index >= 15 is 0 Å². The Morgan fingerprint density at radius 3 is 2.90 bits per heavy atom. The second-order valence-electron chi connectivity index (χ2n) is 8.29. The second-order valence-corrected chi connectivity index (χ2v) is 9.16. The molecule has 0 amide bonds. The molecule has 0 unspecified atom stereocenters. The molecular weight excluding hydrogens is 384 g/mol. The first-order valence-electron chi connectivity index (χ1n) is 10.9. The molecule has 2 aliphatic rings. The summed E-state index contributed by atoms with van der Waals surface area (Å²) in [6.45, 7) is 8.35. The highest BCUT2D eigenvalue weighted by Crippen LogP contribution is 2.23. The van der Waals surface area contributed by atoms with Crippen molar-refractivity contribution in [2.45, 2.75) is 38.3 Å². The molecule has 2 aromatic heterocycles. The number of ether oxygens (including phenoxy) is 2. The van der Waals surface area contributed by atoms with Gasteiger partial charge in [-0.2, -0.15) is 0 Å². The molecular formula is C22H34N4O2S. The van der Waals surface area contributed by atoms with Crippen LogP contribution in [0, 0.1) is 5.92 Å². The summed E-state index contributed by atoms with van der Waals surface area (Å²) in [4.78, 5) is 9.67. The molecule has 1 atom stereocenters. The molecule has 2 aromatic rings. The zero-order chi connectivity index (χ0) is 19.9. The monoisotopic (exact) mass is 418 g/mol. The van der Waals surface area contributed by atoms with Gasteiger partial charge in [-0.15, -0.1) is 11.3 Å². The summed E-state index contributed by atoms with van der Waals surface area (Å²) in [5.41, 5.74) is 1.32. The first-order chi connectivity index (χ1) is 14.3. The van der Waals surface area contributed by atoms with Gasteiger partial charge in [-0.1, -0.05) is 0 Å². The van der Waals surface area contributed by atoms with Crippen molar-refractivity contribution in [2.24, 2.45) is 5.92 Å². The SMILES string of the molecule is COCCN1CCC(CN(Cc2cccn2-c2nccs2)C[C@@H]2CCCO2)CC1. The zero-order valence-electron chi connectivity index (χ0n) is 17.5. The Hall–Kier alpha value is -1.25. The Balaban J connectivity index is 1.38. The fourth-order valence-corrected chi connectivity index (χ4v) is 5.21. The van der Waals surface area contributed by atoms with E-state index in [2.05, 4.69) is 37.7 Å². The van der Waals surface area contributed by atoms with Crippen LogP contribution < -0.4 is 0 Å². The lowest BCUT2D eigenvalue weighted by Gasteiger charge is -2.35. The van der Waals surface area contributed by atoms with E-state index < -0.39 is 0 Å². The maximum absolute atomic E-state index is 5.97. The van der Waals surface area contributed by atoms with Gasteiger partial charge in [0.15, 0.2) is 5.13 Å². The van der Waals surface area contributed by atoms with Crippen LogP contribution in [0.15, 0.2) is 29.9 Å². The van der Waals surface area contributed by atoms with Crippen molar-refractivity contribution in [3.63, 3.8) is 0 Å². The molecule has 0 saturated carbocycles. The third-order valence-electron chi connectivity index (χ3n) is 6.17. The normalized spacial score (nSPS) is 21.4. The van der Waals surface area contributed by atoms with Gasteiger partial charge in [0, 0.05) is 63.4 Å². The topological polar surface area (TPSA) is 42.8 Å². The molecule has 0 radical (unpaired) electrons. The number of thiazole rings is 1. The summed E-state index contributed by atoms with van der Waals surface area (Å²) >= 11 is 1.69. The van der Waals surface area contributed by atoms with Crippen LogP contribution in [0.2, 0.25) is 0 Å². The fourth-order valence-electron chi connectivity index (χ4n) is 4.55. The lowest BCUT2D eigenvalue weighted by molar-refractivity contribution is 0.0545. The van der Waals surface area contributed by atoms with E-state index in [0.29, 0.717) is 6.10 Å². The third-order valence-corrected chi connectivity index (χ3v) is 6.94. The van der Waals surface area contributed by atoms with Crippen molar-refractivity contribution >= 4 is 11.3 Å². The number of nitrogens with zero attached hydrogens (tertiary/aromatic N) is 4. The van der Waals surface area contributed by atoms with E-state index in [1.807, 2.05) is 11.6 Å². The van der Waals surface area contributed by atoms with Crippen molar-refractivity contribution in [2.75, 3.05) is 53.0 Å². The molecule has 2 aliphatic heterocycles. The molecule has 0 spiro atoms. The van der Waals surface area contributed by atoms with Gasteiger partial charge in [-0.3, -0.25) is 9.47 Å². The van der Waals surface area contributed by atoms with Crippen LogP contribution in [0.3, 0.4) is 0 Å². The quantitative estimate of drug-likeness (QED) is 0.592. The Kier molecular flexibility index (Phi) is 7.73. The number of methoxy groups -OCH3 is 1. The Morgan fingerprint density at radius 2 is 2.17 bits per heavy atom. The molecule has 4 rings (SSSR count). The van der Waals surface area contributed by atoms with Gasteiger partial charge in [-0.25, -0.2) is 4.98 Å². The molecule has 2 saturated heterocycles. The van der Waals surface area contributed by atoms with E-state index in [1.54, 1.807) is 18.4 Å². The molecule has 160 valence electrons. The van der Waals surface area contributed by atoms with Gasteiger partial charge >= 0.3 is 0 Å². The molecule has 6 nitrogen and oxygen atoms in total. The van der Waals surface area contributed by atoms with Crippen molar-refractivity contribution < 1.29 is 9.47 Å². The summed E-state index contributed by atoms with van der Waals surface area (Å²) in [6, 6.07) is 4.37. The molecule has 0 aliphatic carbocycles. The molecule has 2 fully saturated rings. The highest BCUT2D eigenvalue weighted by atomic mass is 32.1. The largest absolute Gasteiger partial charge is 0.383 e. The van der Waals surface area contributed by atoms with Crippen LogP contribution in [0.25, 0.3) is 5.13 Å². The molecule has 0 bridgehead atoms. The molecule has 0 N–H and O–H groups in total. The van der Waals surface area contributed by atoms with Gasteiger partial charge in [0.1, 0.15) is 0 Å². The minimum atomic E-state index is 0.389. The minimum Gasteiger partial charge on any atom is -0.383 e. The van der Waals surface area contributed by atoms with Crippen LogP contribution in [0.1, 0.15) is 31.4 Å².